The van der Waals surface area contributed by atoms with Crippen molar-refractivity contribution in [3.05, 3.63) is 60.2 Å². The molecule has 0 heterocycles. The van der Waals surface area contributed by atoms with E-state index in [1.807, 2.05) is 42.5 Å². The Morgan fingerprint density at radius 2 is 1.75 bits per heavy atom. The number of amides is 1. The second-order valence-electron chi connectivity index (χ2n) is 4.29. The van der Waals surface area contributed by atoms with Crippen LogP contribution in [0.15, 0.2) is 59.5 Å². The first-order chi connectivity index (χ1) is 9.77. The van der Waals surface area contributed by atoms with Crippen LogP contribution < -0.4 is 10.1 Å². The van der Waals surface area contributed by atoms with Crippen molar-refractivity contribution in [2.24, 2.45) is 0 Å². The second-order valence-corrected chi connectivity index (χ2v) is 4.77. The Labute approximate surface area is 124 Å². The molecule has 4 heteroatoms. The van der Waals surface area contributed by atoms with Gasteiger partial charge in [-0.2, -0.15) is 0 Å². The SMILES string of the molecule is O=C(NCCCOc1ccccc1)c1ccccc1S. The summed E-state index contributed by atoms with van der Waals surface area (Å²) in [5.74, 6) is 0.745. The molecule has 0 saturated carbocycles. The van der Waals surface area contributed by atoms with Gasteiger partial charge in [-0.3, -0.25) is 4.79 Å². The molecule has 0 fully saturated rings. The summed E-state index contributed by atoms with van der Waals surface area (Å²) < 4.78 is 5.55. The zero-order chi connectivity index (χ0) is 14.2. The van der Waals surface area contributed by atoms with Crippen LogP contribution in [0.4, 0.5) is 0 Å². The van der Waals surface area contributed by atoms with Gasteiger partial charge in [-0.15, -0.1) is 12.6 Å². The van der Waals surface area contributed by atoms with E-state index >= 15 is 0 Å². The first-order valence-corrected chi connectivity index (χ1v) is 6.96. The molecule has 0 radical (unpaired) electrons. The van der Waals surface area contributed by atoms with E-state index in [-0.39, 0.29) is 5.91 Å². The van der Waals surface area contributed by atoms with Gasteiger partial charge in [0, 0.05) is 11.4 Å². The molecular weight excluding hydrogens is 270 g/mol. The van der Waals surface area contributed by atoms with Crippen LogP contribution in [-0.4, -0.2) is 19.1 Å². The lowest BCUT2D eigenvalue weighted by molar-refractivity contribution is 0.0948. The molecule has 0 spiro atoms. The van der Waals surface area contributed by atoms with Crippen molar-refractivity contribution in [2.75, 3.05) is 13.2 Å². The molecule has 2 rings (SSSR count). The number of hydrogen-bond acceptors (Lipinski definition) is 3. The van der Waals surface area contributed by atoms with Gasteiger partial charge < -0.3 is 10.1 Å². The summed E-state index contributed by atoms with van der Waals surface area (Å²) in [6.07, 6.45) is 0.759. The van der Waals surface area contributed by atoms with E-state index in [2.05, 4.69) is 17.9 Å². The van der Waals surface area contributed by atoms with Gasteiger partial charge in [-0.1, -0.05) is 30.3 Å². The van der Waals surface area contributed by atoms with Crippen LogP contribution in [0.1, 0.15) is 16.8 Å². The van der Waals surface area contributed by atoms with Crippen LogP contribution in [-0.2, 0) is 0 Å². The molecule has 20 heavy (non-hydrogen) atoms. The molecule has 0 aromatic heterocycles. The van der Waals surface area contributed by atoms with E-state index in [0.717, 1.165) is 12.2 Å². The van der Waals surface area contributed by atoms with Crippen molar-refractivity contribution in [2.45, 2.75) is 11.3 Å². The highest BCUT2D eigenvalue weighted by molar-refractivity contribution is 7.80. The minimum atomic E-state index is -0.102. The number of carbonyl (C=O) groups excluding carboxylic acids is 1. The van der Waals surface area contributed by atoms with Crippen molar-refractivity contribution >= 4 is 18.5 Å². The van der Waals surface area contributed by atoms with Gasteiger partial charge in [0.1, 0.15) is 5.75 Å². The molecule has 0 aliphatic heterocycles. The number of thiol groups is 1. The van der Waals surface area contributed by atoms with Crippen molar-refractivity contribution in [3.63, 3.8) is 0 Å². The fraction of sp³-hybridized carbons (Fsp3) is 0.188. The third-order valence-corrected chi connectivity index (χ3v) is 3.16. The highest BCUT2D eigenvalue weighted by Gasteiger charge is 2.07. The van der Waals surface area contributed by atoms with Gasteiger partial charge >= 0.3 is 0 Å². The predicted octanol–water partition coefficient (Wildman–Crippen LogP) is 3.17. The highest BCUT2D eigenvalue weighted by atomic mass is 32.1. The van der Waals surface area contributed by atoms with Gasteiger partial charge in [0.25, 0.3) is 5.91 Å². The highest BCUT2D eigenvalue weighted by Crippen LogP contribution is 2.12. The number of benzene rings is 2. The van der Waals surface area contributed by atoms with Crippen molar-refractivity contribution in [1.82, 2.24) is 5.32 Å². The number of hydrogen-bond donors (Lipinski definition) is 2. The molecule has 104 valence electrons. The lowest BCUT2D eigenvalue weighted by atomic mass is 10.2. The zero-order valence-corrected chi connectivity index (χ0v) is 12.0. The lowest BCUT2D eigenvalue weighted by Crippen LogP contribution is -2.25. The number of ether oxygens (including phenoxy) is 1. The van der Waals surface area contributed by atoms with E-state index in [0.29, 0.717) is 23.6 Å². The lowest BCUT2D eigenvalue weighted by Gasteiger charge is -2.08. The Hall–Kier alpha value is -1.94. The topological polar surface area (TPSA) is 38.3 Å². The normalized spacial score (nSPS) is 10.1. The van der Waals surface area contributed by atoms with Crippen molar-refractivity contribution < 1.29 is 9.53 Å². The summed E-state index contributed by atoms with van der Waals surface area (Å²) in [4.78, 5) is 12.6. The molecule has 1 N–H and O–H groups in total. The summed E-state index contributed by atoms with van der Waals surface area (Å²) in [5.41, 5.74) is 0.597. The molecule has 0 bridgehead atoms. The average molecular weight is 287 g/mol. The van der Waals surface area contributed by atoms with Crippen LogP contribution >= 0.6 is 12.6 Å². The van der Waals surface area contributed by atoms with Gasteiger partial charge in [0.2, 0.25) is 0 Å². The molecule has 3 nitrogen and oxygen atoms in total. The van der Waals surface area contributed by atoms with E-state index in [9.17, 15) is 4.79 Å². The van der Waals surface area contributed by atoms with E-state index in [1.54, 1.807) is 12.1 Å². The van der Waals surface area contributed by atoms with Gasteiger partial charge in [-0.05, 0) is 30.7 Å². The molecule has 0 saturated heterocycles. The molecule has 0 atom stereocenters. The standard InChI is InChI=1S/C16H17NO2S/c18-16(14-9-4-5-10-15(14)20)17-11-6-12-19-13-7-2-1-3-8-13/h1-5,7-10,20H,6,11-12H2,(H,17,18). The average Bonchev–Trinajstić information content (AvgIpc) is 2.48. The smallest absolute Gasteiger partial charge is 0.252 e. The predicted molar refractivity (Wildman–Crippen MR) is 82.6 cm³/mol. The summed E-state index contributed by atoms with van der Waals surface area (Å²) in [6.45, 7) is 1.15. The van der Waals surface area contributed by atoms with Crippen LogP contribution in [0.25, 0.3) is 0 Å². The van der Waals surface area contributed by atoms with Crippen LogP contribution in [0.3, 0.4) is 0 Å². The van der Waals surface area contributed by atoms with Gasteiger partial charge in [-0.25, -0.2) is 0 Å². The van der Waals surface area contributed by atoms with Crippen molar-refractivity contribution in [3.8, 4) is 5.75 Å². The molecule has 0 unspecified atom stereocenters. The minimum Gasteiger partial charge on any atom is -0.494 e. The van der Waals surface area contributed by atoms with Gasteiger partial charge in [0.15, 0.2) is 0 Å². The van der Waals surface area contributed by atoms with E-state index in [4.69, 9.17) is 4.74 Å². The van der Waals surface area contributed by atoms with E-state index in [1.165, 1.54) is 0 Å². The van der Waals surface area contributed by atoms with Crippen LogP contribution in [0.5, 0.6) is 5.75 Å². The maximum Gasteiger partial charge on any atom is 0.252 e. The van der Waals surface area contributed by atoms with Crippen LogP contribution in [0.2, 0.25) is 0 Å². The number of rotatable bonds is 6. The fourth-order valence-electron chi connectivity index (χ4n) is 1.74. The van der Waals surface area contributed by atoms with Crippen LogP contribution in [0, 0.1) is 0 Å². The number of para-hydroxylation sites is 1. The maximum atomic E-state index is 11.9. The molecule has 2 aromatic carbocycles. The van der Waals surface area contributed by atoms with Crippen molar-refractivity contribution in [1.29, 1.82) is 0 Å². The second kappa shape index (κ2) is 7.60. The maximum absolute atomic E-state index is 11.9. The number of carbonyl (C=O) groups is 1. The van der Waals surface area contributed by atoms with Gasteiger partial charge in [0.05, 0.1) is 12.2 Å². The zero-order valence-electron chi connectivity index (χ0n) is 11.1. The summed E-state index contributed by atoms with van der Waals surface area (Å²) >= 11 is 4.26. The summed E-state index contributed by atoms with van der Waals surface area (Å²) in [5, 5.41) is 2.86. The Morgan fingerprint density at radius 1 is 1.05 bits per heavy atom. The molecule has 0 aliphatic carbocycles. The first kappa shape index (κ1) is 14.5. The third-order valence-electron chi connectivity index (χ3n) is 2.77. The third kappa shape index (κ3) is 4.31. The molecule has 2 aromatic rings. The Kier molecular flexibility index (Phi) is 5.50. The molecule has 0 aliphatic rings. The Morgan fingerprint density at radius 3 is 2.50 bits per heavy atom. The Balaban J connectivity index is 1.69. The molecule has 1 amide bonds. The quantitative estimate of drug-likeness (QED) is 0.632. The fourth-order valence-corrected chi connectivity index (χ4v) is 2.00. The minimum absolute atomic E-state index is 0.102. The number of nitrogens with one attached hydrogen (secondary N) is 1. The summed E-state index contributed by atoms with van der Waals surface area (Å²) in [7, 11) is 0. The summed E-state index contributed by atoms with van der Waals surface area (Å²) in [6, 6.07) is 16.9. The Bertz CT molecular complexity index is 557. The first-order valence-electron chi connectivity index (χ1n) is 6.51. The largest absolute Gasteiger partial charge is 0.494 e. The monoisotopic (exact) mass is 287 g/mol. The molecular formula is C16H17NO2S. The van der Waals surface area contributed by atoms with E-state index < -0.39 is 0 Å².